The van der Waals surface area contributed by atoms with Gasteiger partial charge in [0.05, 0.1) is 0 Å². The Morgan fingerprint density at radius 1 is 0.783 bits per heavy atom. The molecule has 0 aliphatic heterocycles. The van der Waals surface area contributed by atoms with E-state index in [4.69, 9.17) is 15.3 Å². The summed E-state index contributed by atoms with van der Waals surface area (Å²) in [5, 5.41) is 26.1. The van der Waals surface area contributed by atoms with Crippen LogP contribution >= 0.6 is 0 Å². The Labute approximate surface area is 133 Å². The van der Waals surface area contributed by atoms with Gasteiger partial charge in [-0.3, -0.25) is 4.79 Å². The zero-order valence-electron chi connectivity index (χ0n) is 12.2. The van der Waals surface area contributed by atoms with Crippen molar-refractivity contribution in [1.29, 1.82) is 0 Å². The van der Waals surface area contributed by atoms with E-state index < -0.39 is 5.97 Å². The van der Waals surface area contributed by atoms with Crippen LogP contribution in [-0.4, -0.2) is 27.6 Å². The second kappa shape index (κ2) is 9.57. The van der Waals surface area contributed by atoms with E-state index in [2.05, 4.69) is 0 Å². The SMILES string of the molecule is O=C(O)C=Cc1ccc(O)cc1.O=CC=Cc1ccc(O)cc1. The molecule has 0 saturated carbocycles. The van der Waals surface area contributed by atoms with Crippen molar-refractivity contribution in [3.05, 3.63) is 71.8 Å². The average molecular weight is 312 g/mol. The van der Waals surface area contributed by atoms with Crippen molar-refractivity contribution in [2.75, 3.05) is 0 Å². The predicted octanol–water partition coefficient (Wildman–Crippen LogP) is 3.09. The van der Waals surface area contributed by atoms with Crippen molar-refractivity contribution in [2.24, 2.45) is 0 Å². The standard InChI is InChI=1S/C9H8O3.C9H8O2/c10-8-4-1-7(2-5-8)3-6-9(11)12;10-7-1-2-8-3-5-9(11)6-4-8/h1-6,10H,(H,11,12);1-7,11H. The van der Waals surface area contributed by atoms with Gasteiger partial charge in [0.15, 0.2) is 0 Å². The second-order valence-electron chi connectivity index (χ2n) is 4.35. The molecule has 0 radical (unpaired) electrons. The highest BCUT2D eigenvalue weighted by Crippen LogP contribution is 2.11. The lowest BCUT2D eigenvalue weighted by atomic mass is 10.2. The van der Waals surface area contributed by atoms with Gasteiger partial charge in [0.1, 0.15) is 17.8 Å². The van der Waals surface area contributed by atoms with Crippen LogP contribution in [0.3, 0.4) is 0 Å². The van der Waals surface area contributed by atoms with Crippen molar-refractivity contribution in [1.82, 2.24) is 0 Å². The number of carbonyl (C=O) groups excluding carboxylic acids is 1. The molecule has 0 aromatic heterocycles. The average Bonchev–Trinajstić information content (AvgIpc) is 2.54. The molecule has 0 amide bonds. The molecule has 118 valence electrons. The third-order valence-electron chi connectivity index (χ3n) is 2.57. The van der Waals surface area contributed by atoms with E-state index in [0.717, 1.165) is 17.2 Å². The molecule has 0 aliphatic carbocycles. The van der Waals surface area contributed by atoms with E-state index >= 15 is 0 Å². The maximum absolute atomic E-state index is 10.1. The van der Waals surface area contributed by atoms with Crippen LogP contribution in [0.5, 0.6) is 11.5 Å². The summed E-state index contributed by atoms with van der Waals surface area (Å²) in [6.45, 7) is 0. The number of aromatic hydroxyl groups is 2. The van der Waals surface area contributed by atoms with E-state index in [1.54, 1.807) is 42.5 Å². The van der Waals surface area contributed by atoms with Crippen LogP contribution in [-0.2, 0) is 9.59 Å². The van der Waals surface area contributed by atoms with Gasteiger partial charge in [-0.15, -0.1) is 0 Å². The number of rotatable bonds is 4. The molecule has 5 nitrogen and oxygen atoms in total. The number of benzene rings is 2. The van der Waals surface area contributed by atoms with Gasteiger partial charge in [-0.1, -0.05) is 30.3 Å². The van der Waals surface area contributed by atoms with Crippen molar-refractivity contribution in [3.8, 4) is 11.5 Å². The maximum Gasteiger partial charge on any atom is 0.328 e. The number of allylic oxidation sites excluding steroid dienone is 1. The Morgan fingerprint density at radius 3 is 1.61 bits per heavy atom. The topological polar surface area (TPSA) is 94.8 Å². The van der Waals surface area contributed by atoms with Gasteiger partial charge in [0.25, 0.3) is 0 Å². The molecular formula is C18H16O5. The molecule has 2 rings (SSSR count). The summed E-state index contributed by atoms with van der Waals surface area (Å²) < 4.78 is 0. The zero-order chi connectivity index (χ0) is 17.1. The van der Waals surface area contributed by atoms with Crippen molar-refractivity contribution >= 4 is 24.4 Å². The maximum atomic E-state index is 10.1. The Bertz CT molecular complexity index is 682. The Kier molecular flexibility index (Phi) is 7.37. The summed E-state index contributed by atoms with van der Waals surface area (Å²) in [5.41, 5.74) is 1.64. The highest BCUT2D eigenvalue weighted by atomic mass is 16.4. The molecule has 2 aromatic rings. The minimum atomic E-state index is -0.983. The first kappa shape index (κ1) is 17.7. The number of carbonyl (C=O) groups is 2. The van der Waals surface area contributed by atoms with Gasteiger partial charge in [-0.25, -0.2) is 4.79 Å². The van der Waals surface area contributed by atoms with Crippen molar-refractivity contribution in [3.63, 3.8) is 0 Å². The van der Waals surface area contributed by atoms with Crippen molar-refractivity contribution < 1.29 is 24.9 Å². The van der Waals surface area contributed by atoms with Crippen LogP contribution < -0.4 is 0 Å². The molecule has 0 spiro atoms. The number of carboxylic acid groups (broad SMARTS) is 1. The molecule has 0 fully saturated rings. The fraction of sp³-hybridized carbons (Fsp3) is 0. The Morgan fingerprint density at radius 2 is 1.22 bits per heavy atom. The molecule has 0 heterocycles. The second-order valence-corrected chi connectivity index (χ2v) is 4.35. The smallest absolute Gasteiger partial charge is 0.328 e. The highest BCUT2D eigenvalue weighted by Gasteiger charge is 1.89. The molecule has 0 unspecified atom stereocenters. The zero-order valence-corrected chi connectivity index (χ0v) is 12.2. The number of hydrogen-bond donors (Lipinski definition) is 3. The lowest BCUT2D eigenvalue weighted by molar-refractivity contribution is -0.131. The van der Waals surface area contributed by atoms with E-state index in [9.17, 15) is 9.59 Å². The summed E-state index contributed by atoms with van der Waals surface area (Å²) in [6, 6.07) is 12.9. The van der Waals surface area contributed by atoms with Crippen molar-refractivity contribution in [2.45, 2.75) is 0 Å². The fourth-order valence-corrected chi connectivity index (χ4v) is 1.49. The van der Waals surface area contributed by atoms with E-state index in [0.29, 0.717) is 6.29 Å². The van der Waals surface area contributed by atoms with Crippen LogP contribution in [0.15, 0.2) is 60.7 Å². The van der Waals surface area contributed by atoms with Gasteiger partial charge < -0.3 is 15.3 Å². The molecule has 0 bridgehead atoms. The highest BCUT2D eigenvalue weighted by molar-refractivity contribution is 5.85. The van der Waals surface area contributed by atoms with Crippen LogP contribution in [0.1, 0.15) is 11.1 Å². The molecule has 0 saturated heterocycles. The van der Waals surface area contributed by atoms with E-state index in [1.807, 2.05) is 0 Å². The predicted molar refractivity (Wildman–Crippen MR) is 88.0 cm³/mol. The minimum Gasteiger partial charge on any atom is -0.508 e. The molecule has 23 heavy (non-hydrogen) atoms. The molecule has 2 aromatic carbocycles. The number of aldehydes is 1. The van der Waals surface area contributed by atoms with Crippen LogP contribution in [0.4, 0.5) is 0 Å². The summed E-state index contributed by atoms with van der Waals surface area (Å²) in [4.78, 5) is 20.0. The summed E-state index contributed by atoms with van der Waals surface area (Å²) in [6.07, 6.45) is 6.31. The van der Waals surface area contributed by atoms with Crippen LogP contribution in [0.2, 0.25) is 0 Å². The third kappa shape index (κ3) is 7.87. The van der Waals surface area contributed by atoms with Gasteiger partial charge in [0, 0.05) is 6.08 Å². The van der Waals surface area contributed by atoms with Gasteiger partial charge >= 0.3 is 5.97 Å². The van der Waals surface area contributed by atoms with Gasteiger partial charge in [0.2, 0.25) is 0 Å². The quantitative estimate of drug-likeness (QED) is 0.595. The number of carboxylic acids is 1. The Hall–Kier alpha value is -3.34. The number of phenolic OH excluding ortho intramolecular Hbond substituents is 2. The van der Waals surface area contributed by atoms with Crippen LogP contribution in [0, 0.1) is 0 Å². The van der Waals surface area contributed by atoms with Gasteiger partial charge in [-0.05, 0) is 47.5 Å². The lowest BCUT2D eigenvalue weighted by Gasteiger charge is -1.92. The first-order valence-electron chi connectivity index (χ1n) is 6.62. The number of aliphatic carboxylic acids is 1. The number of hydrogen-bond acceptors (Lipinski definition) is 4. The summed E-state index contributed by atoms with van der Waals surface area (Å²) in [5.74, 6) is -0.584. The molecule has 3 N–H and O–H groups in total. The summed E-state index contributed by atoms with van der Waals surface area (Å²) >= 11 is 0. The normalized spacial score (nSPS) is 10.3. The monoisotopic (exact) mass is 312 g/mol. The van der Waals surface area contributed by atoms with Gasteiger partial charge in [-0.2, -0.15) is 0 Å². The molecule has 0 atom stereocenters. The molecule has 0 aliphatic rings. The first-order chi connectivity index (χ1) is 11.0. The summed E-state index contributed by atoms with van der Waals surface area (Å²) in [7, 11) is 0. The van der Waals surface area contributed by atoms with E-state index in [-0.39, 0.29) is 11.5 Å². The lowest BCUT2D eigenvalue weighted by Crippen LogP contribution is -1.85. The fourth-order valence-electron chi connectivity index (χ4n) is 1.49. The first-order valence-corrected chi connectivity index (χ1v) is 6.62. The van der Waals surface area contributed by atoms with E-state index in [1.165, 1.54) is 24.3 Å². The number of phenols is 2. The van der Waals surface area contributed by atoms with Crippen LogP contribution in [0.25, 0.3) is 12.2 Å². The molecular weight excluding hydrogens is 296 g/mol. The minimum absolute atomic E-state index is 0.169. The molecule has 5 heteroatoms. The largest absolute Gasteiger partial charge is 0.508 e. The third-order valence-corrected chi connectivity index (χ3v) is 2.57. The Balaban J connectivity index is 0.000000231.